The van der Waals surface area contributed by atoms with Gasteiger partial charge in [-0.2, -0.15) is 0 Å². The van der Waals surface area contributed by atoms with Crippen LogP contribution in [0, 0.1) is 11.8 Å². The number of halogens is 2. The fraction of sp³-hybridized carbons (Fsp3) is 0.692. The first-order valence-corrected chi connectivity index (χ1v) is 6.73. The fourth-order valence-corrected chi connectivity index (χ4v) is 3.31. The molecule has 0 spiro atoms. The van der Waals surface area contributed by atoms with E-state index in [2.05, 4.69) is 4.98 Å². The van der Waals surface area contributed by atoms with Crippen LogP contribution >= 0.6 is 24.8 Å². The molecule has 0 bridgehead atoms. The minimum Gasteiger partial charge on any atom is -0.342 e. The van der Waals surface area contributed by atoms with E-state index >= 15 is 0 Å². The average Bonchev–Trinajstić information content (AvgIpc) is 3.05. The van der Waals surface area contributed by atoms with E-state index in [4.69, 9.17) is 5.73 Å². The number of aryl methyl sites for hydroxylation is 1. The maximum atomic E-state index is 12.1. The van der Waals surface area contributed by atoms with Gasteiger partial charge < -0.3 is 15.2 Å². The zero-order valence-electron chi connectivity index (χ0n) is 11.4. The van der Waals surface area contributed by atoms with Gasteiger partial charge in [-0.05, 0) is 24.7 Å². The zero-order chi connectivity index (χ0) is 12.5. The normalized spacial score (nSPS) is 27.6. The highest BCUT2D eigenvalue weighted by atomic mass is 35.5. The molecule has 1 aromatic heterocycles. The van der Waals surface area contributed by atoms with E-state index in [0.29, 0.717) is 24.3 Å². The van der Waals surface area contributed by atoms with Gasteiger partial charge in [0.15, 0.2) is 0 Å². The third-order valence-corrected chi connectivity index (χ3v) is 4.41. The van der Waals surface area contributed by atoms with Crippen molar-refractivity contribution in [3.8, 4) is 0 Å². The number of rotatable bonds is 3. The van der Waals surface area contributed by atoms with Crippen molar-refractivity contribution in [2.75, 3.05) is 13.1 Å². The highest BCUT2D eigenvalue weighted by molar-refractivity contribution is 5.85. The summed E-state index contributed by atoms with van der Waals surface area (Å²) in [5, 5.41) is 0. The molecule has 114 valence electrons. The molecule has 3 rings (SSSR count). The van der Waals surface area contributed by atoms with Crippen molar-refractivity contribution in [3.63, 3.8) is 0 Å². The minimum atomic E-state index is 0. The summed E-state index contributed by atoms with van der Waals surface area (Å²) >= 11 is 0. The van der Waals surface area contributed by atoms with Crippen molar-refractivity contribution in [2.45, 2.75) is 31.8 Å². The van der Waals surface area contributed by atoms with E-state index in [9.17, 15) is 4.79 Å². The number of amides is 1. The predicted molar refractivity (Wildman–Crippen MR) is 82.1 cm³/mol. The molecule has 7 heteroatoms. The number of nitrogens with zero attached hydrogens (tertiary/aromatic N) is 3. The summed E-state index contributed by atoms with van der Waals surface area (Å²) in [6.07, 6.45) is 8.27. The molecule has 1 saturated carbocycles. The zero-order valence-corrected chi connectivity index (χ0v) is 13.0. The van der Waals surface area contributed by atoms with Crippen molar-refractivity contribution in [1.29, 1.82) is 0 Å². The minimum absolute atomic E-state index is 0. The topological polar surface area (TPSA) is 64.2 Å². The second-order valence-corrected chi connectivity index (χ2v) is 5.51. The summed E-state index contributed by atoms with van der Waals surface area (Å²) < 4.78 is 1.94. The predicted octanol–water partition coefficient (Wildman–Crippen LogP) is 1.31. The molecule has 3 unspecified atom stereocenters. The summed E-state index contributed by atoms with van der Waals surface area (Å²) in [4.78, 5) is 18.1. The van der Waals surface area contributed by atoms with Gasteiger partial charge in [0.25, 0.3) is 0 Å². The Kier molecular flexibility index (Phi) is 6.30. The molecular formula is C13H22Cl2N4O. The van der Waals surface area contributed by atoms with E-state index in [1.165, 1.54) is 6.42 Å². The first-order chi connectivity index (χ1) is 8.74. The van der Waals surface area contributed by atoms with E-state index in [1.54, 1.807) is 12.5 Å². The van der Waals surface area contributed by atoms with Crippen molar-refractivity contribution in [1.82, 2.24) is 14.5 Å². The van der Waals surface area contributed by atoms with E-state index in [1.807, 2.05) is 15.7 Å². The Morgan fingerprint density at radius 2 is 2.10 bits per heavy atom. The lowest BCUT2D eigenvalue weighted by molar-refractivity contribution is -0.130. The monoisotopic (exact) mass is 320 g/mol. The van der Waals surface area contributed by atoms with Crippen LogP contribution in [0.15, 0.2) is 18.7 Å². The molecule has 1 saturated heterocycles. The summed E-state index contributed by atoms with van der Waals surface area (Å²) in [6, 6.07) is 0.307. The lowest BCUT2D eigenvalue weighted by atomic mass is 9.98. The SMILES string of the molecule is Cl.Cl.NC1CCC2CN(C(=O)CCn3ccnc3)CC12. The number of imidazole rings is 1. The van der Waals surface area contributed by atoms with Gasteiger partial charge in [0.2, 0.25) is 5.91 Å². The first kappa shape index (κ1) is 17.3. The fourth-order valence-electron chi connectivity index (χ4n) is 3.31. The van der Waals surface area contributed by atoms with Gasteiger partial charge in [-0.3, -0.25) is 4.79 Å². The number of hydrogen-bond acceptors (Lipinski definition) is 3. The van der Waals surface area contributed by atoms with Gasteiger partial charge in [-0.15, -0.1) is 24.8 Å². The third kappa shape index (κ3) is 3.45. The lowest BCUT2D eigenvalue weighted by Crippen LogP contribution is -2.33. The molecule has 2 aliphatic rings. The number of nitrogens with two attached hydrogens (primary N) is 1. The smallest absolute Gasteiger partial charge is 0.224 e. The molecule has 2 N–H and O–H groups in total. The number of aromatic nitrogens is 2. The molecule has 3 atom stereocenters. The van der Waals surface area contributed by atoms with Crippen LogP contribution in [0.5, 0.6) is 0 Å². The first-order valence-electron chi connectivity index (χ1n) is 6.73. The lowest BCUT2D eigenvalue weighted by Gasteiger charge is -2.18. The van der Waals surface area contributed by atoms with Gasteiger partial charge in [-0.25, -0.2) is 4.98 Å². The third-order valence-electron chi connectivity index (χ3n) is 4.41. The van der Waals surface area contributed by atoms with E-state index < -0.39 is 0 Å². The summed E-state index contributed by atoms with van der Waals surface area (Å²) in [7, 11) is 0. The Balaban J connectivity index is 0.000001000. The highest BCUT2D eigenvalue weighted by Crippen LogP contribution is 2.37. The maximum Gasteiger partial charge on any atom is 0.224 e. The quantitative estimate of drug-likeness (QED) is 0.913. The standard InChI is InChI=1S/C13H20N4O.2ClH/c14-12-2-1-10-7-17(8-11(10)12)13(18)3-5-16-6-4-15-9-16;;/h4,6,9-12H,1-3,5,7-8,14H2;2*1H. The molecule has 2 heterocycles. The van der Waals surface area contributed by atoms with Crippen molar-refractivity contribution >= 4 is 30.7 Å². The second kappa shape index (κ2) is 7.29. The van der Waals surface area contributed by atoms with Crippen LogP contribution in [0.3, 0.4) is 0 Å². The number of carbonyl (C=O) groups is 1. The summed E-state index contributed by atoms with van der Waals surface area (Å²) in [5.74, 6) is 1.45. The molecule has 1 aromatic rings. The van der Waals surface area contributed by atoms with Crippen molar-refractivity contribution in [2.24, 2.45) is 17.6 Å². The molecule has 1 aliphatic heterocycles. The van der Waals surface area contributed by atoms with Crippen molar-refractivity contribution < 1.29 is 4.79 Å². The van der Waals surface area contributed by atoms with Crippen LogP contribution in [0.2, 0.25) is 0 Å². The van der Waals surface area contributed by atoms with Crippen LogP contribution in [0.4, 0.5) is 0 Å². The Labute approximate surface area is 131 Å². The second-order valence-electron chi connectivity index (χ2n) is 5.51. The van der Waals surface area contributed by atoms with Gasteiger partial charge in [0.05, 0.1) is 6.33 Å². The van der Waals surface area contributed by atoms with E-state index in [0.717, 1.165) is 26.1 Å². The molecule has 5 nitrogen and oxygen atoms in total. The van der Waals surface area contributed by atoms with Gasteiger partial charge >= 0.3 is 0 Å². The van der Waals surface area contributed by atoms with Crippen molar-refractivity contribution in [3.05, 3.63) is 18.7 Å². The Bertz CT molecular complexity index is 426. The molecule has 0 aromatic carbocycles. The van der Waals surface area contributed by atoms with Gasteiger partial charge in [0, 0.05) is 44.5 Å². The highest BCUT2D eigenvalue weighted by Gasteiger charge is 2.42. The molecule has 1 aliphatic carbocycles. The van der Waals surface area contributed by atoms with Crippen LogP contribution < -0.4 is 5.73 Å². The van der Waals surface area contributed by atoms with Crippen LogP contribution in [-0.2, 0) is 11.3 Å². The average molecular weight is 321 g/mol. The molecule has 1 amide bonds. The van der Waals surface area contributed by atoms with Crippen LogP contribution in [-0.4, -0.2) is 39.5 Å². The molecule has 0 radical (unpaired) electrons. The summed E-state index contributed by atoms with van der Waals surface area (Å²) in [6.45, 7) is 2.51. The summed E-state index contributed by atoms with van der Waals surface area (Å²) in [5.41, 5.74) is 6.08. The van der Waals surface area contributed by atoms with Crippen LogP contribution in [0.25, 0.3) is 0 Å². The Hall–Kier alpha value is -0.780. The Morgan fingerprint density at radius 3 is 2.75 bits per heavy atom. The number of likely N-dealkylation sites (tertiary alicyclic amines) is 1. The molecule has 2 fully saturated rings. The number of hydrogen-bond donors (Lipinski definition) is 1. The molecular weight excluding hydrogens is 299 g/mol. The molecule has 20 heavy (non-hydrogen) atoms. The van der Waals surface area contributed by atoms with E-state index in [-0.39, 0.29) is 30.7 Å². The number of fused-ring (bicyclic) bond motifs is 1. The largest absolute Gasteiger partial charge is 0.342 e. The van der Waals surface area contributed by atoms with Gasteiger partial charge in [0.1, 0.15) is 0 Å². The van der Waals surface area contributed by atoms with Gasteiger partial charge in [-0.1, -0.05) is 0 Å². The number of carbonyl (C=O) groups excluding carboxylic acids is 1. The van der Waals surface area contributed by atoms with Crippen LogP contribution in [0.1, 0.15) is 19.3 Å². The Morgan fingerprint density at radius 1 is 1.30 bits per heavy atom. The maximum absolute atomic E-state index is 12.1.